The Morgan fingerprint density at radius 3 is 2.13 bits per heavy atom. The minimum absolute atomic E-state index is 0. The molecule has 1 heterocycles. The molecule has 0 spiro atoms. The SMILES string of the molecule is CC.CC(=O)[C@H](NC1NCCN1)C(C)C.[HH].[HH]. The van der Waals surface area contributed by atoms with E-state index >= 15 is 0 Å². The average molecular weight is 219 g/mol. The van der Waals surface area contributed by atoms with Gasteiger partial charge in [0.2, 0.25) is 0 Å². The summed E-state index contributed by atoms with van der Waals surface area (Å²) >= 11 is 0. The van der Waals surface area contributed by atoms with Gasteiger partial charge in [-0.15, -0.1) is 0 Å². The largest absolute Gasteiger partial charge is 0.298 e. The van der Waals surface area contributed by atoms with Crippen LogP contribution in [-0.2, 0) is 4.79 Å². The molecule has 0 unspecified atom stereocenters. The topological polar surface area (TPSA) is 53.2 Å². The van der Waals surface area contributed by atoms with Crippen LogP contribution in [0.25, 0.3) is 0 Å². The maximum Gasteiger partial charge on any atom is 0.147 e. The molecule has 0 amide bonds. The Morgan fingerprint density at radius 2 is 1.80 bits per heavy atom. The van der Waals surface area contributed by atoms with Crippen LogP contribution < -0.4 is 16.0 Å². The van der Waals surface area contributed by atoms with Gasteiger partial charge in [0.25, 0.3) is 0 Å². The van der Waals surface area contributed by atoms with Crippen LogP contribution in [0.3, 0.4) is 0 Å². The van der Waals surface area contributed by atoms with Crippen LogP contribution in [0, 0.1) is 5.92 Å². The van der Waals surface area contributed by atoms with E-state index in [4.69, 9.17) is 0 Å². The second kappa shape index (κ2) is 7.79. The fourth-order valence-electron chi connectivity index (χ4n) is 1.58. The summed E-state index contributed by atoms with van der Waals surface area (Å²) in [5.41, 5.74) is 0. The Morgan fingerprint density at radius 1 is 1.33 bits per heavy atom. The number of nitrogens with one attached hydrogen (secondary N) is 3. The minimum Gasteiger partial charge on any atom is -0.298 e. The van der Waals surface area contributed by atoms with Crippen molar-refractivity contribution in [1.29, 1.82) is 0 Å². The second-order valence-electron chi connectivity index (χ2n) is 3.84. The average Bonchev–Trinajstić information content (AvgIpc) is 2.68. The van der Waals surface area contributed by atoms with Gasteiger partial charge in [0.1, 0.15) is 12.1 Å². The summed E-state index contributed by atoms with van der Waals surface area (Å²) in [7, 11) is 0. The molecule has 1 rings (SSSR count). The highest BCUT2D eigenvalue weighted by Crippen LogP contribution is 2.03. The number of carbonyl (C=O) groups excluding carboxylic acids is 1. The maximum atomic E-state index is 11.3. The molecule has 3 N–H and O–H groups in total. The van der Waals surface area contributed by atoms with Crippen molar-refractivity contribution in [2.75, 3.05) is 13.1 Å². The first-order chi connectivity index (χ1) is 7.11. The zero-order valence-electron chi connectivity index (χ0n) is 10.6. The van der Waals surface area contributed by atoms with Crippen LogP contribution >= 0.6 is 0 Å². The molecular weight excluding hydrogens is 190 g/mol. The Balaban J connectivity index is -0.000000464. The van der Waals surface area contributed by atoms with Crippen LogP contribution in [-0.4, -0.2) is 31.2 Å². The summed E-state index contributed by atoms with van der Waals surface area (Å²) in [4.78, 5) is 11.3. The molecule has 94 valence electrons. The quantitative estimate of drug-likeness (QED) is 0.665. The molecule has 0 aromatic heterocycles. The fourth-order valence-corrected chi connectivity index (χ4v) is 1.58. The van der Waals surface area contributed by atoms with Gasteiger partial charge in [-0.2, -0.15) is 0 Å². The molecular formula is C11H29N3O. The number of hydrogen-bond donors (Lipinski definition) is 3. The van der Waals surface area contributed by atoms with E-state index in [1.165, 1.54) is 0 Å². The van der Waals surface area contributed by atoms with Crippen molar-refractivity contribution in [2.45, 2.75) is 47.0 Å². The van der Waals surface area contributed by atoms with Crippen molar-refractivity contribution in [2.24, 2.45) is 5.92 Å². The summed E-state index contributed by atoms with van der Waals surface area (Å²) in [6, 6.07) is -0.0527. The Bertz CT molecular complexity index is 186. The van der Waals surface area contributed by atoms with Crippen molar-refractivity contribution in [1.82, 2.24) is 16.0 Å². The van der Waals surface area contributed by atoms with E-state index in [9.17, 15) is 4.79 Å². The molecule has 0 radical (unpaired) electrons. The van der Waals surface area contributed by atoms with E-state index < -0.39 is 0 Å². The zero-order valence-corrected chi connectivity index (χ0v) is 10.6. The highest BCUT2D eigenvalue weighted by molar-refractivity contribution is 5.81. The Labute approximate surface area is 96.2 Å². The first-order valence-corrected chi connectivity index (χ1v) is 5.84. The number of hydrogen-bond acceptors (Lipinski definition) is 4. The van der Waals surface area contributed by atoms with Gasteiger partial charge in [-0.3, -0.25) is 20.7 Å². The van der Waals surface area contributed by atoms with Gasteiger partial charge in [0.05, 0.1) is 6.04 Å². The smallest absolute Gasteiger partial charge is 0.147 e. The zero-order chi connectivity index (χ0) is 11.8. The number of ketones is 1. The molecule has 1 aliphatic heterocycles. The molecule has 0 aromatic carbocycles. The van der Waals surface area contributed by atoms with Gasteiger partial charge >= 0.3 is 0 Å². The van der Waals surface area contributed by atoms with E-state index in [1.807, 2.05) is 27.7 Å². The Kier molecular flexibility index (Phi) is 7.56. The van der Waals surface area contributed by atoms with Crippen molar-refractivity contribution in [3.05, 3.63) is 0 Å². The fraction of sp³-hybridized carbons (Fsp3) is 0.909. The van der Waals surface area contributed by atoms with Crippen molar-refractivity contribution in [3.63, 3.8) is 0 Å². The van der Waals surface area contributed by atoms with Crippen LogP contribution in [0.4, 0.5) is 0 Å². The minimum atomic E-state index is -0.0527. The van der Waals surface area contributed by atoms with E-state index in [0.717, 1.165) is 13.1 Å². The first kappa shape index (κ1) is 14.6. The molecule has 0 aliphatic carbocycles. The predicted molar refractivity (Wildman–Crippen MR) is 67.8 cm³/mol. The van der Waals surface area contributed by atoms with Gasteiger partial charge in [-0.1, -0.05) is 27.7 Å². The van der Waals surface area contributed by atoms with Gasteiger partial charge in [-0.05, 0) is 12.8 Å². The lowest BCUT2D eigenvalue weighted by Gasteiger charge is -2.23. The van der Waals surface area contributed by atoms with Gasteiger partial charge in [0, 0.05) is 15.9 Å². The third kappa shape index (κ3) is 5.25. The van der Waals surface area contributed by atoms with Crippen molar-refractivity contribution >= 4 is 5.78 Å². The molecule has 0 saturated carbocycles. The number of carbonyl (C=O) groups is 1. The van der Waals surface area contributed by atoms with Crippen molar-refractivity contribution < 1.29 is 7.65 Å². The summed E-state index contributed by atoms with van der Waals surface area (Å²) in [6.07, 6.45) is 0.0938. The highest BCUT2D eigenvalue weighted by atomic mass is 16.1. The lowest BCUT2D eigenvalue weighted by Crippen LogP contribution is -2.54. The van der Waals surface area contributed by atoms with Crippen molar-refractivity contribution in [3.8, 4) is 0 Å². The lowest BCUT2D eigenvalue weighted by atomic mass is 10.0. The standard InChI is InChI=1S/C9H19N3O.C2H6.2H2/c1-6(2)8(7(3)13)12-9-10-4-5-11-9;1-2;;/h6,8-12H,4-5H2,1-3H3;1-2H3;2*1H/t8-;;;/m1.../s1. The summed E-state index contributed by atoms with van der Waals surface area (Å²) < 4.78 is 0. The summed E-state index contributed by atoms with van der Waals surface area (Å²) in [5.74, 6) is 0.534. The molecule has 1 fully saturated rings. The second-order valence-corrected chi connectivity index (χ2v) is 3.84. The van der Waals surface area contributed by atoms with Crippen LogP contribution in [0.1, 0.15) is 37.5 Å². The highest BCUT2D eigenvalue weighted by Gasteiger charge is 2.23. The number of rotatable bonds is 4. The Hall–Kier alpha value is -0.450. The van der Waals surface area contributed by atoms with E-state index in [0.29, 0.717) is 5.92 Å². The van der Waals surface area contributed by atoms with Gasteiger partial charge < -0.3 is 0 Å². The molecule has 1 saturated heterocycles. The van der Waals surface area contributed by atoms with E-state index in [2.05, 4.69) is 16.0 Å². The molecule has 4 heteroatoms. The van der Waals surface area contributed by atoms with Gasteiger partial charge in [-0.25, -0.2) is 0 Å². The summed E-state index contributed by atoms with van der Waals surface area (Å²) in [5, 5.41) is 9.69. The van der Waals surface area contributed by atoms with E-state index in [1.54, 1.807) is 6.92 Å². The summed E-state index contributed by atoms with van der Waals surface area (Å²) in [6.45, 7) is 11.6. The molecule has 1 atom stereocenters. The molecule has 1 aliphatic rings. The van der Waals surface area contributed by atoms with Crippen LogP contribution in [0.2, 0.25) is 0 Å². The van der Waals surface area contributed by atoms with Crippen LogP contribution in [0.15, 0.2) is 0 Å². The lowest BCUT2D eigenvalue weighted by molar-refractivity contribution is -0.120. The third-order valence-corrected chi connectivity index (χ3v) is 2.27. The first-order valence-electron chi connectivity index (χ1n) is 5.84. The third-order valence-electron chi connectivity index (χ3n) is 2.27. The normalized spacial score (nSPS) is 18.5. The molecule has 15 heavy (non-hydrogen) atoms. The molecule has 0 aromatic rings. The van der Waals surface area contributed by atoms with Gasteiger partial charge in [0.15, 0.2) is 0 Å². The maximum absolute atomic E-state index is 11.3. The van der Waals surface area contributed by atoms with Crippen LogP contribution in [0.5, 0.6) is 0 Å². The predicted octanol–water partition coefficient (Wildman–Crippen LogP) is 1.18. The van der Waals surface area contributed by atoms with E-state index in [-0.39, 0.29) is 21.0 Å². The molecule has 4 nitrogen and oxygen atoms in total. The number of Topliss-reactive ketones (excluding diaryl/α,β-unsaturated/α-hetero) is 1. The molecule has 0 bridgehead atoms. The monoisotopic (exact) mass is 219 g/mol.